The van der Waals surface area contributed by atoms with Gasteiger partial charge in [-0.05, 0) is 18.4 Å². The highest BCUT2D eigenvalue weighted by molar-refractivity contribution is 5.82. The number of carbonyl (C=O) groups excluding carboxylic acids is 1. The molecule has 0 aliphatic heterocycles. The maximum absolute atomic E-state index is 11.9. The van der Waals surface area contributed by atoms with E-state index in [4.69, 9.17) is 5.73 Å². The minimum absolute atomic E-state index is 0.00111. The topological polar surface area (TPSA) is 55.1 Å². The monoisotopic (exact) mass is 234 g/mol. The largest absolute Gasteiger partial charge is 0.348 e. The van der Waals surface area contributed by atoms with Crippen LogP contribution in [-0.2, 0) is 4.79 Å². The number of nitrogens with one attached hydrogen (secondary N) is 1. The van der Waals surface area contributed by atoms with E-state index in [0.717, 1.165) is 12.0 Å². The Morgan fingerprint density at radius 1 is 1.29 bits per heavy atom. The van der Waals surface area contributed by atoms with Crippen molar-refractivity contribution < 1.29 is 4.79 Å². The Bertz CT molecular complexity index is 350. The predicted molar refractivity (Wildman–Crippen MR) is 70.4 cm³/mol. The minimum atomic E-state index is -0.425. The average molecular weight is 234 g/mol. The molecule has 1 amide bonds. The van der Waals surface area contributed by atoms with Crippen molar-refractivity contribution in [2.45, 2.75) is 39.3 Å². The Kier molecular flexibility index (Phi) is 5.16. The van der Waals surface area contributed by atoms with Gasteiger partial charge in [-0.2, -0.15) is 0 Å². The van der Waals surface area contributed by atoms with Gasteiger partial charge in [0.15, 0.2) is 0 Å². The number of hydrogen-bond donors (Lipinski definition) is 2. The molecule has 0 unspecified atom stereocenters. The molecule has 0 bridgehead atoms. The third kappa shape index (κ3) is 3.86. The van der Waals surface area contributed by atoms with Gasteiger partial charge in [-0.15, -0.1) is 0 Å². The predicted octanol–water partition coefficient (Wildman–Crippen LogP) is 2.24. The second-order valence-corrected chi connectivity index (χ2v) is 4.55. The smallest absolute Gasteiger partial charge is 0.237 e. The Morgan fingerprint density at radius 2 is 1.88 bits per heavy atom. The summed E-state index contributed by atoms with van der Waals surface area (Å²) < 4.78 is 0. The quantitative estimate of drug-likeness (QED) is 0.821. The van der Waals surface area contributed by atoms with Crippen molar-refractivity contribution in [3.05, 3.63) is 35.9 Å². The summed E-state index contributed by atoms with van der Waals surface area (Å²) in [6.45, 7) is 6.01. The molecule has 3 N–H and O–H groups in total. The molecule has 0 saturated carbocycles. The van der Waals surface area contributed by atoms with Gasteiger partial charge in [0.1, 0.15) is 0 Å². The Morgan fingerprint density at radius 3 is 2.41 bits per heavy atom. The lowest BCUT2D eigenvalue weighted by Crippen LogP contribution is -2.45. The van der Waals surface area contributed by atoms with Gasteiger partial charge in [-0.1, -0.05) is 50.6 Å². The van der Waals surface area contributed by atoms with Crippen molar-refractivity contribution >= 4 is 5.91 Å². The van der Waals surface area contributed by atoms with Gasteiger partial charge in [0.25, 0.3) is 0 Å². The van der Waals surface area contributed by atoms with Crippen LogP contribution in [0.1, 0.15) is 38.8 Å². The number of amides is 1. The van der Waals surface area contributed by atoms with Crippen LogP contribution >= 0.6 is 0 Å². The first-order valence-electron chi connectivity index (χ1n) is 6.17. The molecule has 17 heavy (non-hydrogen) atoms. The summed E-state index contributed by atoms with van der Waals surface area (Å²) in [5.41, 5.74) is 6.98. The molecule has 1 rings (SSSR count). The van der Waals surface area contributed by atoms with Gasteiger partial charge in [-0.3, -0.25) is 4.79 Å². The van der Waals surface area contributed by atoms with Crippen LogP contribution in [0.15, 0.2) is 30.3 Å². The molecular weight excluding hydrogens is 212 g/mol. The first kappa shape index (κ1) is 13.7. The molecule has 0 aliphatic carbocycles. The highest BCUT2D eigenvalue weighted by atomic mass is 16.2. The fourth-order valence-corrected chi connectivity index (χ4v) is 1.65. The normalized spacial score (nSPS) is 16.0. The van der Waals surface area contributed by atoms with E-state index in [-0.39, 0.29) is 17.9 Å². The number of rotatable bonds is 5. The third-order valence-corrected chi connectivity index (χ3v) is 3.22. The fourth-order valence-electron chi connectivity index (χ4n) is 1.65. The van der Waals surface area contributed by atoms with Gasteiger partial charge in [0.2, 0.25) is 5.91 Å². The van der Waals surface area contributed by atoms with Crippen LogP contribution in [0.3, 0.4) is 0 Å². The van der Waals surface area contributed by atoms with Crippen molar-refractivity contribution in [3.63, 3.8) is 0 Å². The first-order chi connectivity index (χ1) is 8.06. The molecule has 94 valence electrons. The first-order valence-corrected chi connectivity index (χ1v) is 6.17. The van der Waals surface area contributed by atoms with E-state index in [2.05, 4.69) is 5.32 Å². The summed E-state index contributed by atoms with van der Waals surface area (Å²) in [5, 5.41) is 2.95. The van der Waals surface area contributed by atoms with Crippen LogP contribution in [0.4, 0.5) is 0 Å². The van der Waals surface area contributed by atoms with E-state index < -0.39 is 6.04 Å². The SMILES string of the molecule is CC[C@@H](C)[C@H](N)C(=O)N[C@@H](C)c1ccccc1. The van der Waals surface area contributed by atoms with Gasteiger partial charge < -0.3 is 11.1 Å². The number of hydrogen-bond acceptors (Lipinski definition) is 2. The second-order valence-electron chi connectivity index (χ2n) is 4.55. The summed E-state index contributed by atoms with van der Waals surface area (Å²) in [6.07, 6.45) is 0.911. The molecule has 0 heterocycles. The van der Waals surface area contributed by atoms with Crippen LogP contribution in [0.2, 0.25) is 0 Å². The molecule has 0 aliphatic rings. The zero-order valence-corrected chi connectivity index (χ0v) is 10.8. The van der Waals surface area contributed by atoms with E-state index in [9.17, 15) is 4.79 Å². The van der Waals surface area contributed by atoms with E-state index in [0.29, 0.717) is 0 Å². The molecule has 0 spiro atoms. The van der Waals surface area contributed by atoms with Crippen LogP contribution in [-0.4, -0.2) is 11.9 Å². The maximum atomic E-state index is 11.9. The van der Waals surface area contributed by atoms with Crippen molar-refractivity contribution in [3.8, 4) is 0 Å². The number of nitrogens with two attached hydrogens (primary N) is 1. The van der Waals surface area contributed by atoms with E-state index in [1.54, 1.807) is 0 Å². The highest BCUT2D eigenvalue weighted by Gasteiger charge is 2.20. The van der Waals surface area contributed by atoms with Gasteiger partial charge >= 0.3 is 0 Å². The zero-order valence-electron chi connectivity index (χ0n) is 10.8. The lowest BCUT2D eigenvalue weighted by molar-refractivity contribution is -0.124. The molecular formula is C14H22N2O. The Hall–Kier alpha value is -1.35. The van der Waals surface area contributed by atoms with E-state index >= 15 is 0 Å². The molecule has 1 aromatic carbocycles. The molecule has 0 aromatic heterocycles. The molecule has 1 aromatic rings. The van der Waals surface area contributed by atoms with Crippen molar-refractivity contribution in [2.24, 2.45) is 11.7 Å². The van der Waals surface area contributed by atoms with Crippen LogP contribution in [0, 0.1) is 5.92 Å². The molecule has 3 atom stereocenters. The van der Waals surface area contributed by atoms with Crippen LogP contribution in [0.25, 0.3) is 0 Å². The van der Waals surface area contributed by atoms with E-state index in [1.165, 1.54) is 0 Å². The second kappa shape index (κ2) is 6.40. The van der Waals surface area contributed by atoms with Crippen LogP contribution in [0.5, 0.6) is 0 Å². The van der Waals surface area contributed by atoms with Gasteiger partial charge in [0, 0.05) is 0 Å². The number of benzene rings is 1. The van der Waals surface area contributed by atoms with Gasteiger partial charge in [-0.25, -0.2) is 0 Å². The Labute approximate surface area is 103 Å². The zero-order chi connectivity index (χ0) is 12.8. The minimum Gasteiger partial charge on any atom is -0.348 e. The molecule has 3 heteroatoms. The lowest BCUT2D eigenvalue weighted by Gasteiger charge is -2.21. The van der Waals surface area contributed by atoms with E-state index in [1.807, 2.05) is 51.1 Å². The van der Waals surface area contributed by atoms with Crippen molar-refractivity contribution in [1.82, 2.24) is 5.32 Å². The summed E-state index contributed by atoms with van der Waals surface area (Å²) in [5.74, 6) is 0.133. The molecule has 3 nitrogen and oxygen atoms in total. The Balaban J connectivity index is 2.57. The summed E-state index contributed by atoms with van der Waals surface area (Å²) >= 11 is 0. The summed E-state index contributed by atoms with van der Waals surface area (Å²) in [6, 6.07) is 9.46. The maximum Gasteiger partial charge on any atom is 0.237 e. The van der Waals surface area contributed by atoms with Gasteiger partial charge in [0.05, 0.1) is 12.1 Å². The third-order valence-electron chi connectivity index (χ3n) is 3.22. The molecule has 0 fully saturated rings. The highest BCUT2D eigenvalue weighted by Crippen LogP contribution is 2.12. The average Bonchev–Trinajstić information content (AvgIpc) is 2.37. The number of carbonyl (C=O) groups is 1. The molecule has 0 saturated heterocycles. The van der Waals surface area contributed by atoms with Crippen LogP contribution < -0.4 is 11.1 Å². The standard InChI is InChI=1S/C14H22N2O/c1-4-10(2)13(15)14(17)16-11(3)12-8-6-5-7-9-12/h5-11,13H,4,15H2,1-3H3,(H,16,17)/t10-,11+,13+/m1/s1. The molecule has 0 radical (unpaired) electrons. The van der Waals surface area contributed by atoms with Crippen molar-refractivity contribution in [2.75, 3.05) is 0 Å². The summed E-state index contributed by atoms with van der Waals surface area (Å²) in [4.78, 5) is 11.9. The fraction of sp³-hybridized carbons (Fsp3) is 0.500. The lowest BCUT2D eigenvalue weighted by atomic mass is 9.98. The summed E-state index contributed by atoms with van der Waals surface area (Å²) in [7, 11) is 0. The van der Waals surface area contributed by atoms with Crippen molar-refractivity contribution in [1.29, 1.82) is 0 Å².